The van der Waals surface area contributed by atoms with Crippen LogP contribution in [0.25, 0.3) is 0 Å². The lowest BCUT2D eigenvalue weighted by Gasteiger charge is -2.43. The quantitative estimate of drug-likeness (QED) is 0.352. The van der Waals surface area contributed by atoms with Gasteiger partial charge in [-0.15, -0.1) is 0 Å². The van der Waals surface area contributed by atoms with Crippen LogP contribution in [-0.4, -0.2) is 75.4 Å². The lowest BCUT2D eigenvalue weighted by Crippen LogP contribution is -2.60. The van der Waals surface area contributed by atoms with E-state index < -0.39 is 55.1 Å². The lowest BCUT2D eigenvalue weighted by atomic mass is 9.85. The number of esters is 1. The predicted octanol–water partition coefficient (Wildman–Crippen LogP) is -2.65. The number of rotatable bonds is 4. The molecule has 5 N–H and O–H groups in total. The average molecular weight is 280 g/mol. The zero-order valence-corrected chi connectivity index (χ0v) is 10.8. The monoisotopic (exact) mass is 280 g/mol. The van der Waals surface area contributed by atoms with Gasteiger partial charge in [0, 0.05) is 12.3 Å². The molecule has 0 amide bonds. The van der Waals surface area contributed by atoms with Crippen LogP contribution in [0.2, 0.25) is 0 Å². The van der Waals surface area contributed by atoms with Gasteiger partial charge in [-0.25, -0.2) is 4.79 Å². The Bertz CT molecular complexity index is 322. The number of hydrogen-bond donors (Lipinski definition) is 5. The molecule has 1 fully saturated rings. The van der Waals surface area contributed by atoms with E-state index in [0.717, 1.165) is 7.11 Å². The van der Waals surface area contributed by atoms with E-state index in [4.69, 9.17) is 9.84 Å². The van der Waals surface area contributed by atoms with Crippen LogP contribution >= 0.6 is 0 Å². The van der Waals surface area contributed by atoms with Gasteiger partial charge in [0.25, 0.3) is 5.79 Å². The van der Waals surface area contributed by atoms with Crippen LogP contribution in [-0.2, 0) is 14.3 Å². The maximum Gasteiger partial charge on any atom is 0.366 e. The van der Waals surface area contributed by atoms with E-state index in [-0.39, 0.29) is 0 Å². The average Bonchev–Trinajstić information content (AvgIpc) is 2.40. The second kappa shape index (κ2) is 6.12. The fourth-order valence-corrected chi connectivity index (χ4v) is 2.07. The van der Waals surface area contributed by atoms with Gasteiger partial charge in [0.05, 0.1) is 25.9 Å². The molecule has 0 spiro atoms. The van der Waals surface area contributed by atoms with Crippen molar-refractivity contribution in [1.29, 1.82) is 0 Å². The molecule has 1 saturated heterocycles. The third-order valence-corrected chi connectivity index (χ3v) is 3.36. The zero-order chi connectivity index (χ0) is 14.8. The Morgan fingerprint density at radius 2 is 2.11 bits per heavy atom. The van der Waals surface area contributed by atoms with Gasteiger partial charge in [-0.3, -0.25) is 0 Å². The standard InChI is InChI=1S/C11H20O8/c1-5-6(13)3-11(17,10(16)18-2)19-9(5)8(15)7(14)4-12/h5-9,12-15,17H,3-4H2,1-2H3/t5-,6+,7-,8?,9?,11+/m1/s1. The zero-order valence-electron chi connectivity index (χ0n) is 10.8. The van der Waals surface area contributed by atoms with Crippen molar-refractivity contribution in [3.63, 3.8) is 0 Å². The molecule has 2 unspecified atom stereocenters. The molecule has 112 valence electrons. The Balaban J connectivity index is 2.94. The second-order valence-corrected chi connectivity index (χ2v) is 4.73. The van der Waals surface area contributed by atoms with Gasteiger partial charge in [-0.2, -0.15) is 0 Å². The van der Waals surface area contributed by atoms with Crippen molar-refractivity contribution in [3.05, 3.63) is 0 Å². The summed E-state index contributed by atoms with van der Waals surface area (Å²) in [5, 5.41) is 47.8. The van der Waals surface area contributed by atoms with E-state index >= 15 is 0 Å². The molecule has 0 aliphatic carbocycles. The molecule has 0 radical (unpaired) electrons. The number of carbonyl (C=O) groups is 1. The lowest BCUT2D eigenvalue weighted by molar-refractivity contribution is -0.303. The Labute approximate surface area is 110 Å². The number of aliphatic hydroxyl groups excluding tert-OH is 4. The van der Waals surface area contributed by atoms with E-state index in [2.05, 4.69) is 4.74 Å². The van der Waals surface area contributed by atoms with Crippen molar-refractivity contribution in [3.8, 4) is 0 Å². The topological polar surface area (TPSA) is 137 Å². The molecule has 6 atom stereocenters. The highest BCUT2D eigenvalue weighted by molar-refractivity contribution is 5.77. The van der Waals surface area contributed by atoms with Crippen LogP contribution < -0.4 is 0 Å². The highest BCUT2D eigenvalue weighted by Crippen LogP contribution is 2.34. The summed E-state index contributed by atoms with van der Waals surface area (Å²) in [6.07, 6.45) is -5.84. The molecule has 0 aromatic carbocycles. The fraction of sp³-hybridized carbons (Fsp3) is 0.909. The van der Waals surface area contributed by atoms with Gasteiger partial charge in [0.2, 0.25) is 0 Å². The number of carbonyl (C=O) groups excluding carboxylic acids is 1. The Morgan fingerprint density at radius 1 is 1.53 bits per heavy atom. The first-order chi connectivity index (χ1) is 8.76. The molecule has 1 rings (SSSR count). The summed E-state index contributed by atoms with van der Waals surface area (Å²) in [6, 6.07) is 0. The highest BCUT2D eigenvalue weighted by atomic mass is 16.7. The van der Waals surface area contributed by atoms with E-state index in [0.29, 0.717) is 0 Å². The van der Waals surface area contributed by atoms with Crippen molar-refractivity contribution in [1.82, 2.24) is 0 Å². The summed E-state index contributed by atoms with van der Waals surface area (Å²) in [6.45, 7) is 0.806. The van der Waals surface area contributed by atoms with Crippen molar-refractivity contribution >= 4 is 5.97 Å². The number of methoxy groups -OCH3 is 1. The van der Waals surface area contributed by atoms with Gasteiger partial charge in [0.15, 0.2) is 0 Å². The largest absolute Gasteiger partial charge is 0.465 e. The van der Waals surface area contributed by atoms with Gasteiger partial charge >= 0.3 is 5.97 Å². The summed E-state index contributed by atoms with van der Waals surface area (Å²) < 4.78 is 9.47. The van der Waals surface area contributed by atoms with Crippen LogP contribution in [0.3, 0.4) is 0 Å². The van der Waals surface area contributed by atoms with E-state index in [1.807, 2.05) is 0 Å². The predicted molar refractivity (Wildman–Crippen MR) is 60.7 cm³/mol. The smallest absolute Gasteiger partial charge is 0.366 e. The fourth-order valence-electron chi connectivity index (χ4n) is 2.07. The number of aliphatic hydroxyl groups is 5. The molecule has 8 nitrogen and oxygen atoms in total. The van der Waals surface area contributed by atoms with Gasteiger partial charge in [0.1, 0.15) is 12.2 Å². The van der Waals surface area contributed by atoms with Crippen LogP contribution in [0.1, 0.15) is 13.3 Å². The molecular weight excluding hydrogens is 260 g/mol. The minimum Gasteiger partial charge on any atom is -0.465 e. The van der Waals surface area contributed by atoms with E-state index in [1.165, 1.54) is 6.92 Å². The summed E-state index contributed by atoms with van der Waals surface area (Å²) in [5.74, 6) is -4.14. The minimum absolute atomic E-state index is 0.403. The van der Waals surface area contributed by atoms with Crippen molar-refractivity contribution < 1.29 is 39.8 Å². The normalized spacial score (nSPS) is 38.6. The molecular formula is C11H20O8. The van der Waals surface area contributed by atoms with Crippen LogP contribution in [0.15, 0.2) is 0 Å². The molecule has 1 heterocycles. The van der Waals surface area contributed by atoms with Gasteiger partial charge in [-0.1, -0.05) is 6.92 Å². The molecule has 0 aromatic rings. The number of ether oxygens (including phenoxy) is 2. The minimum atomic E-state index is -2.39. The third kappa shape index (κ3) is 3.22. The SMILES string of the molecule is COC(=O)[C@]1(O)C[C@H](O)[C@@H](C)C(C(O)[C@H](O)CO)O1. The summed E-state index contributed by atoms with van der Waals surface area (Å²) in [7, 11) is 1.04. The summed E-state index contributed by atoms with van der Waals surface area (Å²) >= 11 is 0. The molecule has 1 aliphatic rings. The maximum atomic E-state index is 11.4. The van der Waals surface area contributed by atoms with Crippen molar-refractivity contribution in [2.45, 2.75) is 43.5 Å². The van der Waals surface area contributed by atoms with Crippen molar-refractivity contribution in [2.24, 2.45) is 5.92 Å². The van der Waals surface area contributed by atoms with E-state index in [1.54, 1.807) is 0 Å². The van der Waals surface area contributed by atoms with Crippen LogP contribution in [0.4, 0.5) is 0 Å². The highest BCUT2D eigenvalue weighted by Gasteiger charge is 2.52. The van der Waals surface area contributed by atoms with Gasteiger partial charge in [-0.05, 0) is 0 Å². The first-order valence-electron chi connectivity index (χ1n) is 5.90. The second-order valence-electron chi connectivity index (χ2n) is 4.73. The van der Waals surface area contributed by atoms with E-state index in [9.17, 15) is 25.2 Å². The molecule has 0 aromatic heterocycles. The first-order valence-corrected chi connectivity index (χ1v) is 5.90. The molecule has 8 heteroatoms. The Kier molecular flexibility index (Phi) is 5.25. The molecule has 1 aliphatic heterocycles. The molecule has 0 bridgehead atoms. The Hall–Kier alpha value is -0.770. The first kappa shape index (κ1) is 16.3. The van der Waals surface area contributed by atoms with Crippen molar-refractivity contribution in [2.75, 3.05) is 13.7 Å². The maximum absolute atomic E-state index is 11.4. The molecule has 0 saturated carbocycles. The van der Waals surface area contributed by atoms with Crippen LogP contribution in [0.5, 0.6) is 0 Å². The summed E-state index contributed by atoms with van der Waals surface area (Å²) in [4.78, 5) is 11.4. The van der Waals surface area contributed by atoms with Gasteiger partial charge < -0.3 is 35.0 Å². The molecule has 19 heavy (non-hydrogen) atoms. The Morgan fingerprint density at radius 3 is 2.58 bits per heavy atom. The number of hydrogen-bond acceptors (Lipinski definition) is 8. The third-order valence-electron chi connectivity index (χ3n) is 3.36. The summed E-state index contributed by atoms with van der Waals surface area (Å²) in [5.41, 5.74) is 0. The van der Waals surface area contributed by atoms with Crippen LogP contribution in [0, 0.1) is 5.92 Å².